The average Bonchev–Trinajstić information content (AvgIpc) is 2.62. The third-order valence-corrected chi connectivity index (χ3v) is 2.13. The Balaban J connectivity index is 2.36. The van der Waals surface area contributed by atoms with E-state index in [9.17, 15) is 4.79 Å². The molecular formula is C10H18N4O. The summed E-state index contributed by atoms with van der Waals surface area (Å²) in [5.74, 6) is -0.165. The Kier molecular flexibility index (Phi) is 4.30. The first kappa shape index (κ1) is 11.7. The van der Waals surface area contributed by atoms with Crippen molar-refractivity contribution < 1.29 is 4.79 Å². The second-order valence-corrected chi connectivity index (χ2v) is 3.63. The summed E-state index contributed by atoms with van der Waals surface area (Å²) >= 11 is 0. The van der Waals surface area contributed by atoms with Crippen LogP contribution in [0.25, 0.3) is 0 Å². The zero-order valence-corrected chi connectivity index (χ0v) is 9.23. The molecule has 0 aromatic carbocycles. The molecule has 0 spiro atoms. The van der Waals surface area contributed by atoms with Crippen molar-refractivity contribution in [2.75, 3.05) is 6.54 Å². The van der Waals surface area contributed by atoms with Gasteiger partial charge in [0.15, 0.2) is 0 Å². The van der Waals surface area contributed by atoms with Crippen LogP contribution in [0.3, 0.4) is 0 Å². The Bertz CT molecular complexity index is 321. The monoisotopic (exact) mass is 210 g/mol. The van der Waals surface area contributed by atoms with Crippen LogP contribution < -0.4 is 11.1 Å². The van der Waals surface area contributed by atoms with Gasteiger partial charge in [-0.15, -0.1) is 0 Å². The number of carbonyl (C=O) groups excluding carboxylic acids is 1. The molecule has 1 rings (SSSR count). The molecule has 1 aromatic heterocycles. The molecule has 0 saturated heterocycles. The number of rotatable bonds is 5. The molecule has 3 N–H and O–H groups in total. The first-order valence-electron chi connectivity index (χ1n) is 5.17. The van der Waals surface area contributed by atoms with E-state index in [2.05, 4.69) is 17.3 Å². The second-order valence-electron chi connectivity index (χ2n) is 3.63. The molecule has 1 unspecified atom stereocenters. The van der Waals surface area contributed by atoms with Crippen molar-refractivity contribution >= 4 is 5.91 Å². The lowest BCUT2D eigenvalue weighted by atomic mass is 10.2. The van der Waals surface area contributed by atoms with Crippen molar-refractivity contribution in [2.24, 2.45) is 12.8 Å². The summed E-state index contributed by atoms with van der Waals surface area (Å²) in [5.41, 5.74) is 6.21. The standard InChI is InChI=1S/C10H18N4O/c1-3-4-8(11)7-12-10(15)9-5-6-14(2)13-9/h5-6,8H,3-4,7,11H2,1-2H3,(H,12,15). The van der Waals surface area contributed by atoms with E-state index in [-0.39, 0.29) is 11.9 Å². The maximum Gasteiger partial charge on any atom is 0.271 e. The predicted octanol–water partition coefficient (Wildman–Crippen LogP) is 0.277. The van der Waals surface area contributed by atoms with Gasteiger partial charge in [-0.2, -0.15) is 5.10 Å². The molecule has 0 saturated carbocycles. The van der Waals surface area contributed by atoms with Crippen molar-refractivity contribution in [3.05, 3.63) is 18.0 Å². The summed E-state index contributed by atoms with van der Waals surface area (Å²) in [6, 6.07) is 1.71. The normalized spacial score (nSPS) is 12.5. The average molecular weight is 210 g/mol. The highest BCUT2D eigenvalue weighted by atomic mass is 16.1. The highest BCUT2D eigenvalue weighted by Gasteiger charge is 2.09. The Morgan fingerprint density at radius 1 is 1.73 bits per heavy atom. The number of hydrogen-bond donors (Lipinski definition) is 2. The van der Waals surface area contributed by atoms with Gasteiger partial charge in [0, 0.05) is 25.8 Å². The largest absolute Gasteiger partial charge is 0.349 e. The van der Waals surface area contributed by atoms with Gasteiger partial charge in [-0.3, -0.25) is 9.48 Å². The van der Waals surface area contributed by atoms with Crippen LogP contribution in [0.2, 0.25) is 0 Å². The first-order valence-corrected chi connectivity index (χ1v) is 5.17. The Morgan fingerprint density at radius 2 is 2.47 bits per heavy atom. The Hall–Kier alpha value is -1.36. The van der Waals surface area contributed by atoms with Crippen LogP contribution >= 0.6 is 0 Å². The highest BCUT2D eigenvalue weighted by Crippen LogP contribution is 1.95. The second kappa shape index (κ2) is 5.50. The van der Waals surface area contributed by atoms with Gasteiger partial charge < -0.3 is 11.1 Å². The number of carbonyl (C=O) groups is 1. The third kappa shape index (κ3) is 3.71. The molecule has 0 aliphatic heterocycles. The van der Waals surface area contributed by atoms with Gasteiger partial charge in [0.05, 0.1) is 0 Å². The van der Waals surface area contributed by atoms with E-state index in [1.807, 2.05) is 0 Å². The first-order chi connectivity index (χ1) is 7.13. The van der Waals surface area contributed by atoms with Crippen LogP contribution in [0.4, 0.5) is 0 Å². The van der Waals surface area contributed by atoms with Crippen LogP contribution in [0, 0.1) is 0 Å². The molecule has 0 bridgehead atoms. The van der Waals surface area contributed by atoms with Crippen LogP contribution in [0.5, 0.6) is 0 Å². The maximum absolute atomic E-state index is 11.5. The molecule has 1 aromatic rings. The molecule has 5 heteroatoms. The Morgan fingerprint density at radius 3 is 3.00 bits per heavy atom. The van der Waals surface area contributed by atoms with Crippen molar-refractivity contribution in [3.8, 4) is 0 Å². The summed E-state index contributed by atoms with van der Waals surface area (Å²) in [5, 5.41) is 6.76. The SMILES string of the molecule is CCCC(N)CNC(=O)c1ccn(C)n1. The highest BCUT2D eigenvalue weighted by molar-refractivity contribution is 5.92. The molecule has 5 nitrogen and oxygen atoms in total. The molecular weight excluding hydrogens is 192 g/mol. The quantitative estimate of drug-likeness (QED) is 0.733. The molecule has 1 amide bonds. The van der Waals surface area contributed by atoms with Gasteiger partial charge in [-0.05, 0) is 12.5 Å². The van der Waals surface area contributed by atoms with E-state index in [0.29, 0.717) is 12.2 Å². The molecule has 1 atom stereocenters. The van der Waals surface area contributed by atoms with Crippen LogP contribution in [0.15, 0.2) is 12.3 Å². The van der Waals surface area contributed by atoms with Gasteiger partial charge in [-0.1, -0.05) is 13.3 Å². The van der Waals surface area contributed by atoms with Gasteiger partial charge in [-0.25, -0.2) is 0 Å². The molecule has 0 aliphatic carbocycles. The molecule has 84 valence electrons. The number of nitrogens with two attached hydrogens (primary N) is 1. The smallest absolute Gasteiger partial charge is 0.271 e. The lowest BCUT2D eigenvalue weighted by Gasteiger charge is -2.10. The number of nitrogens with zero attached hydrogens (tertiary/aromatic N) is 2. The van der Waals surface area contributed by atoms with Gasteiger partial charge in [0.25, 0.3) is 5.91 Å². The molecule has 0 radical (unpaired) electrons. The van der Waals surface area contributed by atoms with E-state index in [4.69, 9.17) is 5.73 Å². The van der Waals surface area contributed by atoms with Crippen LogP contribution in [-0.4, -0.2) is 28.3 Å². The van der Waals surface area contributed by atoms with Crippen LogP contribution in [-0.2, 0) is 7.05 Å². The third-order valence-electron chi connectivity index (χ3n) is 2.13. The number of hydrogen-bond acceptors (Lipinski definition) is 3. The zero-order valence-electron chi connectivity index (χ0n) is 9.23. The summed E-state index contributed by atoms with van der Waals surface area (Å²) in [6.45, 7) is 2.57. The van der Waals surface area contributed by atoms with Crippen molar-refractivity contribution in [1.29, 1.82) is 0 Å². The zero-order chi connectivity index (χ0) is 11.3. The van der Waals surface area contributed by atoms with Gasteiger partial charge in [0.1, 0.15) is 5.69 Å². The number of aromatic nitrogens is 2. The van der Waals surface area contributed by atoms with E-state index in [1.165, 1.54) is 0 Å². The fourth-order valence-corrected chi connectivity index (χ4v) is 1.32. The minimum Gasteiger partial charge on any atom is -0.349 e. The van der Waals surface area contributed by atoms with E-state index >= 15 is 0 Å². The van der Waals surface area contributed by atoms with Crippen molar-refractivity contribution in [1.82, 2.24) is 15.1 Å². The van der Waals surface area contributed by atoms with E-state index in [0.717, 1.165) is 12.8 Å². The predicted molar refractivity (Wildman–Crippen MR) is 58.4 cm³/mol. The summed E-state index contributed by atoms with van der Waals surface area (Å²) in [6.07, 6.45) is 3.68. The minimum atomic E-state index is -0.165. The summed E-state index contributed by atoms with van der Waals surface area (Å²) < 4.78 is 1.60. The molecule has 1 heterocycles. The van der Waals surface area contributed by atoms with Crippen LogP contribution in [0.1, 0.15) is 30.3 Å². The molecule has 0 fully saturated rings. The Labute approximate surface area is 89.6 Å². The summed E-state index contributed by atoms with van der Waals surface area (Å²) in [7, 11) is 1.78. The summed E-state index contributed by atoms with van der Waals surface area (Å²) in [4.78, 5) is 11.5. The number of aryl methyl sites for hydroxylation is 1. The molecule has 15 heavy (non-hydrogen) atoms. The van der Waals surface area contributed by atoms with E-state index < -0.39 is 0 Å². The lowest BCUT2D eigenvalue weighted by molar-refractivity contribution is 0.0945. The maximum atomic E-state index is 11.5. The number of nitrogens with one attached hydrogen (secondary N) is 1. The lowest BCUT2D eigenvalue weighted by Crippen LogP contribution is -2.37. The minimum absolute atomic E-state index is 0.0302. The topological polar surface area (TPSA) is 72.9 Å². The van der Waals surface area contributed by atoms with Gasteiger partial charge in [0.2, 0.25) is 0 Å². The van der Waals surface area contributed by atoms with Crippen molar-refractivity contribution in [2.45, 2.75) is 25.8 Å². The van der Waals surface area contributed by atoms with E-state index in [1.54, 1.807) is 24.0 Å². The van der Waals surface area contributed by atoms with Gasteiger partial charge >= 0.3 is 0 Å². The fraction of sp³-hybridized carbons (Fsp3) is 0.600. The van der Waals surface area contributed by atoms with Crippen molar-refractivity contribution in [3.63, 3.8) is 0 Å². The molecule has 0 aliphatic rings. The number of amides is 1. The fourth-order valence-electron chi connectivity index (χ4n) is 1.32.